The van der Waals surface area contributed by atoms with E-state index in [-0.39, 0.29) is 12.0 Å². The Balaban J connectivity index is 1.84. The molecule has 7 nitrogen and oxygen atoms in total. The number of carbonyl (C=O) groups is 1. The van der Waals surface area contributed by atoms with Crippen molar-refractivity contribution in [2.75, 3.05) is 19.7 Å². The molecule has 0 saturated carbocycles. The fourth-order valence-corrected chi connectivity index (χ4v) is 2.69. The highest BCUT2D eigenvalue weighted by Gasteiger charge is 2.24. The topological polar surface area (TPSA) is 73.1 Å². The predicted molar refractivity (Wildman–Crippen MR) is 79.7 cm³/mol. The van der Waals surface area contributed by atoms with E-state index >= 15 is 0 Å². The van der Waals surface area contributed by atoms with Crippen LogP contribution in [0.25, 0.3) is 5.69 Å². The van der Waals surface area contributed by atoms with Crippen LogP contribution in [0.4, 0.5) is 0 Å². The molecule has 1 atom stereocenters. The Morgan fingerprint density at radius 1 is 1.45 bits per heavy atom. The van der Waals surface area contributed by atoms with E-state index in [0.29, 0.717) is 24.3 Å². The molecule has 0 aliphatic carbocycles. The third-order valence-electron chi connectivity index (χ3n) is 3.85. The summed E-state index contributed by atoms with van der Waals surface area (Å²) in [6.45, 7) is 4.03. The summed E-state index contributed by atoms with van der Waals surface area (Å²) in [5, 5.41) is 11.1. The van der Waals surface area contributed by atoms with Crippen LogP contribution in [0, 0.1) is 0 Å². The lowest BCUT2D eigenvalue weighted by atomic mass is 10.1. The van der Waals surface area contributed by atoms with Gasteiger partial charge in [-0.2, -0.15) is 4.68 Å². The molecule has 22 heavy (non-hydrogen) atoms. The lowest BCUT2D eigenvalue weighted by Gasteiger charge is -2.24. The zero-order chi connectivity index (χ0) is 15.4. The molecule has 1 saturated heterocycles. The first-order valence-corrected chi connectivity index (χ1v) is 7.53. The second kappa shape index (κ2) is 6.65. The van der Waals surface area contributed by atoms with Gasteiger partial charge in [-0.25, -0.2) is 0 Å². The number of aromatic nitrogens is 4. The van der Waals surface area contributed by atoms with Crippen LogP contribution < -0.4 is 0 Å². The van der Waals surface area contributed by atoms with Crippen LogP contribution >= 0.6 is 0 Å². The molecule has 2 heterocycles. The van der Waals surface area contributed by atoms with E-state index in [1.807, 2.05) is 30.0 Å². The number of benzene rings is 1. The first-order chi connectivity index (χ1) is 10.8. The summed E-state index contributed by atoms with van der Waals surface area (Å²) in [7, 11) is 0. The molecule has 1 amide bonds. The highest BCUT2D eigenvalue weighted by molar-refractivity contribution is 5.97. The van der Waals surface area contributed by atoms with Crippen molar-refractivity contribution in [3.05, 3.63) is 36.2 Å². The molecular formula is C15H19N5O2. The van der Waals surface area contributed by atoms with Crippen molar-refractivity contribution in [1.82, 2.24) is 25.1 Å². The van der Waals surface area contributed by atoms with E-state index in [1.54, 1.807) is 6.07 Å². The number of hydrogen-bond donors (Lipinski definition) is 0. The van der Waals surface area contributed by atoms with Gasteiger partial charge in [-0.05, 0) is 42.3 Å². The molecule has 116 valence electrons. The first kappa shape index (κ1) is 14.6. The van der Waals surface area contributed by atoms with Crippen molar-refractivity contribution in [2.24, 2.45) is 0 Å². The standard InChI is InChI=1S/C15H19N5O2/c1-2-19(10-12-6-5-9-22-12)15(21)13-7-3-4-8-14(13)20-11-16-17-18-20/h3-4,7-8,11-12H,2,5-6,9-10H2,1H3. The zero-order valence-electron chi connectivity index (χ0n) is 12.6. The number of hydrogen-bond acceptors (Lipinski definition) is 5. The van der Waals surface area contributed by atoms with Crippen molar-refractivity contribution in [2.45, 2.75) is 25.9 Å². The van der Waals surface area contributed by atoms with E-state index in [9.17, 15) is 4.79 Å². The second-order valence-corrected chi connectivity index (χ2v) is 5.25. The molecule has 0 bridgehead atoms. The third-order valence-corrected chi connectivity index (χ3v) is 3.85. The molecule has 3 rings (SSSR count). The summed E-state index contributed by atoms with van der Waals surface area (Å²) in [5.41, 5.74) is 1.28. The van der Waals surface area contributed by atoms with Gasteiger partial charge < -0.3 is 9.64 Å². The van der Waals surface area contributed by atoms with Gasteiger partial charge in [0.25, 0.3) is 5.91 Å². The summed E-state index contributed by atoms with van der Waals surface area (Å²) in [5.74, 6) is -0.0240. The molecule has 0 spiro atoms. The molecule has 0 N–H and O–H groups in total. The third kappa shape index (κ3) is 2.99. The number of rotatable bonds is 5. The van der Waals surface area contributed by atoms with E-state index in [0.717, 1.165) is 19.4 Å². The van der Waals surface area contributed by atoms with Gasteiger partial charge in [0, 0.05) is 19.7 Å². The van der Waals surface area contributed by atoms with Crippen LogP contribution in [-0.2, 0) is 4.74 Å². The number of tetrazole rings is 1. The van der Waals surface area contributed by atoms with Gasteiger partial charge in [-0.1, -0.05) is 12.1 Å². The van der Waals surface area contributed by atoms with Gasteiger partial charge in [0.15, 0.2) is 0 Å². The quantitative estimate of drug-likeness (QED) is 0.832. The molecule has 2 aromatic rings. The van der Waals surface area contributed by atoms with Gasteiger partial charge in [-0.3, -0.25) is 4.79 Å². The minimum absolute atomic E-state index is 0.0240. The summed E-state index contributed by atoms with van der Waals surface area (Å²) in [4.78, 5) is 14.7. The van der Waals surface area contributed by atoms with E-state index in [2.05, 4.69) is 15.5 Å². The number of ether oxygens (including phenoxy) is 1. The van der Waals surface area contributed by atoms with Crippen LogP contribution in [0.3, 0.4) is 0 Å². The highest BCUT2D eigenvalue weighted by Crippen LogP contribution is 2.18. The Morgan fingerprint density at radius 3 is 3.00 bits per heavy atom. The monoisotopic (exact) mass is 301 g/mol. The number of amides is 1. The Morgan fingerprint density at radius 2 is 2.32 bits per heavy atom. The fraction of sp³-hybridized carbons (Fsp3) is 0.467. The summed E-state index contributed by atoms with van der Waals surface area (Å²) < 4.78 is 7.15. The van der Waals surface area contributed by atoms with Gasteiger partial charge >= 0.3 is 0 Å². The van der Waals surface area contributed by atoms with Crippen molar-refractivity contribution in [3.63, 3.8) is 0 Å². The maximum atomic E-state index is 12.9. The molecule has 1 fully saturated rings. The van der Waals surface area contributed by atoms with Crippen molar-refractivity contribution < 1.29 is 9.53 Å². The summed E-state index contributed by atoms with van der Waals surface area (Å²) in [6.07, 6.45) is 3.71. The average molecular weight is 301 g/mol. The van der Waals surface area contributed by atoms with Crippen molar-refractivity contribution in [3.8, 4) is 5.69 Å². The average Bonchev–Trinajstić information content (AvgIpc) is 3.25. The van der Waals surface area contributed by atoms with Gasteiger partial charge in [0.2, 0.25) is 0 Å². The summed E-state index contributed by atoms with van der Waals surface area (Å²) in [6, 6.07) is 7.35. The predicted octanol–water partition coefficient (Wildman–Crippen LogP) is 1.30. The first-order valence-electron chi connectivity index (χ1n) is 7.53. The molecule has 1 aromatic heterocycles. The smallest absolute Gasteiger partial charge is 0.256 e. The molecule has 7 heteroatoms. The molecular weight excluding hydrogens is 282 g/mol. The minimum atomic E-state index is -0.0240. The lowest BCUT2D eigenvalue weighted by molar-refractivity contribution is 0.0539. The molecule has 1 aliphatic heterocycles. The van der Waals surface area contributed by atoms with Crippen LogP contribution in [-0.4, -0.2) is 56.8 Å². The van der Waals surface area contributed by atoms with Crippen LogP contribution in [0.5, 0.6) is 0 Å². The van der Waals surface area contributed by atoms with Crippen molar-refractivity contribution in [1.29, 1.82) is 0 Å². The second-order valence-electron chi connectivity index (χ2n) is 5.25. The van der Waals surface area contributed by atoms with Crippen LogP contribution in [0.1, 0.15) is 30.1 Å². The van der Waals surface area contributed by atoms with Gasteiger partial charge in [-0.15, -0.1) is 5.10 Å². The number of likely N-dealkylation sites (N-methyl/N-ethyl adjacent to an activating group) is 1. The number of carbonyl (C=O) groups excluding carboxylic acids is 1. The summed E-state index contributed by atoms with van der Waals surface area (Å²) >= 11 is 0. The maximum Gasteiger partial charge on any atom is 0.256 e. The lowest BCUT2D eigenvalue weighted by Crippen LogP contribution is -2.37. The van der Waals surface area contributed by atoms with E-state index in [1.165, 1.54) is 11.0 Å². The fourth-order valence-electron chi connectivity index (χ4n) is 2.69. The number of para-hydroxylation sites is 1. The van der Waals surface area contributed by atoms with Crippen LogP contribution in [0.2, 0.25) is 0 Å². The highest BCUT2D eigenvalue weighted by atomic mass is 16.5. The molecule has 1 aliphatic rings. The zero-order valence-corrected chi connectivity index (χ0v) is 12.6. The Labute approximate surface area is 128 Å². The number of nitrogens with zero attached hydrogens (tertiary/aromatic N) is 5. The van der Waals surface area contributed by atoms with Gasteiger partial charge in [0.1, 0.15) is 6.33 Å². The van der Waals surface area contributed by atoms with Gasteiger partial charge in [0.05, 0.1) is 17.4 Å². The molecule has 0 radical (unpaired) electrons. The van der Waals surface area contributed by atoms with Crippen molar-refractivity contribution >= 4 is 5.91 Å². The largest absolute Gasteiger partial charge is 0.376 e. The molecule has 1 aromatic carbocycles. The Hall–Kier alpha value is -2.28. The maximum absolute atomic E-state index is 12.9. The van der Waals surface area contributed by atoms with Crippen LogP contribution in [0.15, 0.2) is 30.6 Å². The normalized spacial score (nSPS) is 17.6. The Kier molecular flexibility index (Phi) is 4.43. The van der Waals surface area contributed by atoms with E-state index < -0.39 is 0 Å². The molecule has 1 unspecified atom stereocenters. The Bertz CT molecular complexity index is 623. The van der Waals surface area contributed by atoms with E-state index in [4.69, 9.17) is 4.74 Å². The SMILES string of the molecule is CCN(CC1CCCO1)C(=O)c1ccccc1-n1cnnn1. The minimum Gasteiger partial charge on any atom is -0.376 e.